The molecule has 0 aliphatic rings. The Morgan fingerprint density at radius 2 is 1.65 bits per heavy atom. The summed E-state index contributed by atoms with van der Waals surface area (Å²) in [6, 6.07) is 5.78. The number of H-pyrrole nitrogens is 1. The molecule has 0 aliphatic carbocycles. The molecule has 0 saturated carbocycles. The fraction of sp³-hybridized carbons (Fsp3) is 0.364. The summed E-state index contributed by atoms with van der Waals surface area (Å²) in [4.78, 5) is 52.4. The lowest BCUT2D eigenvalue weighted by Gasteiger charge is -2.15. The van der Waals surface area contributed by atoms with E-state index in [2.05, 4.69) is 15.6 Å². The van der Waals surface area contributed by atoms with Crippen LogP contribution in [0.15, 0.2) is 24.3 Å². The van der Waals surface area contributed by atoms with Crippen molar-refractivity contribution in [2.75, 3.05) is 12.4 Å². The number of aromatic nitrogens is 1. The van der Waals surface area contributed by atoms with Crippen LogP contribution in [0.25, 0.3) is 0 Å². The molecule has 0 fully saturated rings. The van der Waals surface area contributed by atoms with Gasteiger partial charge in [-0.15, -0.1) is 0 Å². The van der Waals surface area contributed by atoms with Gasteiger partial charge in [-0.25, -0.2) is 14.4 Å². The molecule has 9 nitrogen and oxygen atoms in total. The van der Waals surface area contributed by atoms with E-state index in [9.17, 15) is 19.2 Å². The molecule has 0 bridgehead atoms. The third-order valence-electron chi connectivity index (χ3n) is 4.54. The van der Waals surface area contributed by atoms with Gasteiger partial charge >= 0.3 is 18.0 Å². The molecule has 9 heteroatoms. The SMILES string of the molecule is COC(=O)c1c(C)[nH]c(C(=O)[C@@H](C)OC(=O)c2ccccc2NC(=O)NC(C)C)c1C. The first kappa shape index (κ1) is 23.7. The Kier molecular flexibility index (Phi) is 7.57. The molecule has 1 aromatic heterocycles. The summed E-state index contributed by atoms with van der Waals surface area (Å²) in [5.74, 6) is -1.82. The second kappa shape index (κ2) is 9.92. The first-order valence-electron chi connectivity index (χ1n) is 9.76. The molecule has 1 aromatic carbocycles. The summed E-state index contributed by atoms with van der Waals surface area (Å²) >= 11 is 0. The third kappa shape index (κ3) is 5.50. The van der Waals surface area contributed by atoms with E-state index in [-0.39, 0.29) is 28.6 Å². The number of ketones is 1. The molecule has 2 rings (SSSR count). The standard InChI is InChI=1S/C22H27N3O6/c1-11(2)23-22(29)25-16-10-8-7-9-15(16)20(27)31-14(5)19(26)18-12(3)17(13(4)24-18)21(28)30-6/h7-11,14,24H,1-6H3,(H2,23,25,29)/t14-/m1/s1. The van der Waals surface area contributed by atoms with Gasteiger partial charge in [0.15, 0.2) is 6.10 Å². The molecule has 0 saturated heterocycles. The number of esters is 2. The van der Waals surface area contributed by atoms with Crippen LogP contribution in [0.2, 0.25) is 0 Å². The van der Waals surface area contributed by atoms with Crippen molar-refractivity contribution in [3.63, 3.8) is 0 Å². The van der Waals surface area contributed by atoms with Gasteiger partial charge in [0.25, 0.3) is 0 Å². The van der Waals surface area contributed by atoms with Crippen LogP contribution < -0.4 is 10.6 Å². The highest BCUT2D eigenvalue weighted by Crippen LogP contribution is 2.22. The van der Waals surface area contributed by atoms with E-state index in [1.165, 1.54) is 20.1 Å². The van der Waals surface area contributed by atoms with E-state index >= 15 is 0 Å². The minimum Gasteiger partial charge on any atom is -0.465 e. The maximum atomic E-state index is 12.9. The van der Waals surface area contributed by atoms with Gasteiger partial charge in [0.05, 0.1) is 29.6 Å². The fourth-order valence-electron chi connectivity index (χ4n) is 3.08. The summed E-state index contributed by atoms with van der Waals surface area (Å²) in [7, 11) is 1.26. The number of rotatable bonds is 7. The molecule has 1 atom stereocenters. The van der Waals surface area contributed by atoms with E-state index in [1.807, 2.05) is 13.8 Å². The van der Waals surface area contributed by atoms with E-state index in [4.69, 9.17) is 9.47 Å². The number of hydrogen-bond donors (Lipinski definition) is 3. The highest BCUT2D eigenvalue weighted by Gasteiger charge is 2.28. The van der Waals surface area contributed by atoms with Crippen LogP contribution in [0, 0.1) is 13.8 Å². The smallest absolute Gasteiger partial charge is 0.340 e. The monoisotopic (exact) mass is 429 g/mol. The summed E-state index contributed by atoms with van der Waals surface area (Å²) in [5.41, 5.74) is 1.71. The maximum Gasteiger partial charge on any atom is 0.340 e. The lowest BCUT2D eigenvalue weighted by atomic mass is 10.1. The van der Waals surface area contributed by atoms with Crippen LogP contribution in [0.5, 0.6) is 0 Å². The number of methoxy groups -OCH3 is 1. The highest BCUT2D eigenvalue weighted by molar-refractivity contribution is 6.06. The van der Waals surface area contributed by atoms with Crippen molar-refractivity contribution >= 4 is 29.4 Å². The Labute approximate surface area is 180 Å². The first-order chi connectivity index (χ1) is 14.6. The van der Waals surface area contributed by atoms with Crippen molar-refractivity contribution < 1.29 is 28.7 Å². The number of benzene rings is 1. The predicted octanol–water partition coefficient (Wildman–Crippen LogP) is 3.38. The number of hydrogen-bond acceptors (Lipinski definition) is 6. The van der Waals surface area contributed by atoms with Crippen LogP contribution >= 0.6 is 0 Å². The molecule has 0 aliphatic heterocycles. The predicted molar refractivity (Wildman–Crippen MR) is 115 cm³/mol. The quantitative estimate of drug-likeness (QED) is 0.457. The zero-order valence-corrected chi connectivity index (χ0v) is 18.4. The number of para-hydroxylation sites is 1. The number of anilines is 1. The fourth-order valence-corrected chi connectivity index (χ4v) is 3.08. The van der Waals surface area contributed by atoms with Crippen molar-refractivity contribution in [2.45, 2.75) is 46.8 Å². The van der Waals surface area contributed by atoms with Crippen molar-refractivity contribution in [3.05, 3.63) is 52.3 Å². The number of carbonyl (C=O) groups excluding carboxylic acids is 4. The average Bonchev–Trinajstić information content (AvgIpc) is 3.00. The number of nitrogens with one attached hydrogen (secondary N) is 3. The Morgan fingerprint density at radius 1 is 1.00 bits per heavy atom. The summed E-state index contributed by atoms with van der Waals surface area (Å²) in [6.45, 7) is 8.32. The largest absolute Gasteiger partial charge is 0.465 e. The summed E-state index contributed by atoms with van der Waals surface area (Å²) < 4.78 is 10.1. The zero-order chi connectivity index (χ0) is 23.3. The van der Waals surface area contributed by atoms with Crippen LogP contribution in [-0.2, 0) is 9.47 Å². The van der Waals surface area contributed by atoms with Gasteiger partial charge in [0, 0.05) is 11.7 Å². The summed E-state index contributed by atoms with van der Waals surface area (Å²) in [6.07, 6.45) is -1.13. The molecular formula is C22H27N3O6. The average molecular weight is 429 g/mol. The second-order valence-electron chi connectivity index (χ2n) is 7.33. The van der Waals surface area contributed by atoms with Crippen LogP contribution in [0.3, 0.4) is 0 Å². The maximum absolute atomic E-state index is 12.9. The number of urea groups is 1. The third-order valence-corrected chi connectivity index (χ3v) is 4.54. The number of aromatic amines is 1. The Balaban J connectivity index is 2.19. The van der Waals surface area contributed by atoms with Crippen LogP contribution in [-0.4, -0.2) is 48.0 Å². The number of carbonyl (C=O) groups is 4. The van der Waals surface area contributed by atoms with Crippen molar-refractivity contribution in [3.8, 4) is 0 Å². The minimum atomic E-state index is -1.13. The summed E-state index contributed by atoms with van der Waals surface area (Å²) in [5, 5.41) is 5.27. The van der Waals surface area contributed by atoms with E-state index in [1.54, 1.807) is 32.0 Å². The molecule has 1 heterocycles. The molecule has 0 unspecified atom stereocenters. The molecule has 0 spiro atoms. The highest BCUT2D eigenvalue weighted by atomic mass is 16.5. The zero-order valence-electron chi connectivity index (χ0n) is 18.4. The van der Waals surface area contributed by atoms with Crippen molar-refractivity contribution in [2.24, 2.45) is 0 Å². The van der Waals surface area contributed by atoms with Gasteiger partial charge in [-0.05, 0) is 52.3 Å². The van der Waals surface area contributed by atoms with E-state index < -0.39 is 29.9 Å². The Morgan fingerprint density at radius 3 is 2.26 bits per heavy atom. The van der Waals surface area contributed by atoms with Gasteiger partial charge < -0.3 is 25.1 Å². The number of ether oxygens (including phenoxy) is 2. The van der Waals surface area contributed by atoms with Crippen molar-refractivity contribution in [1.82, 2.24) is 10.3 Å². The minimum absolute atomic E-state index is 0.0841. The van der Waals surface area contributed by atoms with E-state index in [0.29, 0.717) is 11.3 Å². The van der Waals surface area contributed by atoms with Gasteiger partial charge in [-0.1, -0.05) is 12.1 Å². The van der Waals surface area contributed by atoms with Gasteiger partial charge in [0.1, 0.15) is 0 Å². The molecular weight excluding hydrogens is 402 g/mol. The molecule has 166 valence electrons. The Hall–Kier alpha value is -3.62. The van der Waals surface area contributed by atoms with Gasteiger partial charge in [0.2, 0.25) is 5.78 Å². The number of amides is 2. The van der Waals surface area contributed by atoms with Crippen LogP contribution in [0.1, 0.15) is 63.2 Å². The van der Waals surface area contributed by atoms with Crippen molar-refractivity contribution in [1.29, 1.82) is 0 Å². The molecule has 3 N–H and O–H groups in total. The number of aryl methyl sites for hydroxylation is 1. The van der Waals surface area contributed by atoms with E-state index in [0.717, 1.165) is 0 Å². The van der Waals surface area contributed by atoms with Crippen LogP contribution in [0.4, 0.5) is 10.5 Å². The normalized spacial score (nSPS) is 11.6. The lowest BCUT2D eigenvalue weighted by molar-refractivity contribution is 0.0317. The molecule has 31 heavy (non-hydrogen) atoms. The number of Topliss-reactive ketones (excluding diaryl/α,β-unsaturated/α-hetero) is 1. The molecule has 2 aromatic rings. The topological polar surface area (TPSA) is 127 Å². The molecule has 0 radical (unpaired) electrons. The second-order valence-corrected chi connectivity index (χ2v) is 7.33. The first-order valence-corrected chi connectivity index (χ1v) is 9.76. The lowest BCUT2D eigenvalue weighted by Crippen LogP contribution is -2.34. The van der Waals surface area contributed by atoms with Gasteiger partial charge in [-0.2, -0.15) is 0 Å². The molecule has 2 amide bonds. The van der Waals surface area contributed by atoms with Gasteiger partial charge in [-0.3, -0.25) is 4.79 Å². The Bertz CT molecular complexity index is 1010.